The van der Waals surface area contributed by atoms with E-state index in [4.69, 9.17) is 4.74 Å². The van der Waals surface area contributed by atoms with Crippen molar-refractivity contribution in [2.45, 2.75) is 71.3 Å². The SMILES string of the molecule is CCCNCC1(CN(CC)C2CCCCC2)CCCOC1. The average Bonchev–Trinajstić information content (AvgIpc) is 2.55. The van der Waals surface area contributed by atoms with Crippen LogP contribution in [0.1, 0.15) is 65.2 Å². The second kappa shape index (κ2) is 9.12. The van der Waals surface area contributed by atoms with Gasteiger partial charge in [-0.1, -0.05) is 33.1 Å². The summed E-state index contributed by atoms with van der Waals surface area (Å²) >= 11 is 0. The Bertz CT molecular complexity index is 270. The lowest BCUT2D eigenvalue weighted by atomic mass is 9.80. The molecule has 2 fully saturated rings. The normalized spacial score (nSPS) is 28.1. The van der Waals surface area contributed by atoms with Gasteiger partial charge in [-0.15, -0.1) is 0 Å². The highest BCUT2D eigenvalue weighted by Gasteiger charge is 2.36. The van der Waals surface area contributed by atoms with E-state index in [1.54, 1.807) is 0 Å². The van der Waals surface area contributed by atoms with Gasteiger partial charge < -0.3 is 10.1 Å². The van der Waals surface area contributed by atoms with Crippen LogP contribution in [-0.4, -0.2) is 50.3 Å². The smallest absolute Gasteiger partial charge is 0.0546 e. The van der Waals surface area contributed by atoms with Crippen LogP contribution in [0.4, 0.5) is 0 Å². The van der Waals surface area contributed by atoms with Gasteiger partial charge in [0.1, 0.15) is 0 Å². The van der Waals surface area contributed by atoms with E-state index >= 15 is 0 Å². The molecular formula is C18H36N2O. The molecule has 1 saturated carbocycles. The van der Waals surface area contributed by atoms with Crippen LogP contribution in [0.25, 0.3) is 0 Å². The monoisotopic (exact) mass is 296 g/mol. The van der Waals surface area contributed by atoms with Gasteiger partial charge in [-0.3, -0.25) is 4.90 Å². The summed E-state index contributed by atoms with van der Waals surface area (Å²) in [5.74, 6) is 0. The minimum absolute atomic E-state index is 0.348. The van der Waals surface area contributed by atoms with Gasteiger partial charge >= 0.3 is 0 Å². The summed E-state index contributed by atoms with van der Waals surface area (Å²) in [4.78, 5) is 2.77. The number of hydrogen-bond donors (Lipinski definition) is 1. The molecule has 1 atom stereocenters. The third kappa shape index (κ3) is 5.22. The fourth-order valence-electron chi connectivity index (χ4n) is 4.14. The molecule has 2 aliphatic rings. The van der Waals surface area contributed by atoms with E-state index in [9.17, 15) is 0 Å². The van der Waals surface area contributed by atoms with Crippen LogP contribution < -0.4 is 5.32 Å². The molecule has 0 spiro atoms. The predicted octanol–water partition coefficient (Wildman–Crippen LogP) is 3.44. The molecule has 3 nitrogen and oxygen atoms in total. The summed E-state index contributed by atoms with van der Waals surface area (Å²) < 4.78 is 5.88. The van der Waals surface area contributed by atoms with Gasteiger partial charge in [0.15, 0.2) is 0 Å². The van der Waals surface area contributed by atoms with Crippen LogP contribution in [-0.2, 0) is 4.74 Å². The minimum Gasteiger partial charge on any atom is -0.381 e. The molecule has 0 aromatic rings. The fraction of sp³-hybridized carbons (Fsp3) is 1.00. The molecule has 1 aliphatic heterocycles. The highest BCUT2D eigenvalue weighted by Crippen LogP contribution is 2.32. The first-order chi connectivity index (χ1) is 10.3. The van der Waals surface area contributed by atoms with Crippen molar-refractivity contribution in [2.24, 2.45) is 5.41 Å². The molecule has 1 saturated heterocycles. The first-order valence-corrected chi connectivity index (χ1v) is 9.32. The third-order valence-corrected chi connectivity index (χ3v) is 5.37. The lowest BCUT2D eigenvalue weighted by molar-refractivity contribution is -0.0346. The summed E-state index contributed by atoms with van der Waals surface area (Å²) in [6, 6.07) is 0.828. The fourth-order valence-corrected chi connectivity index (χ4v) is 4.14. The second-order valence-corrected chi connectivity index (χ2v) is 7.19. The van der Waals surface area contributed by atoms with Crippen LogP contribution in [0.2, 0.25) is 0 Å². The molecular weight excluding hydrogens is 260 g/mol. The zero-order valence-electron chi connectivity index (χ0n) is 14.3. The number of nitrogens with one attached hydrogen (secondary N) is 1. The lowest BCUT2D eigenvalue weighted by Gasteiger charge is -2.44. The predicted molar refractivity (Wildman–Crippen MR) is 89.8 cm³/mol. The molecule has 1 unspecified atom stereocenters. The minimum atomic E-state index is 0.348. The van der Waals surface area contributed by atoms with E-state index < -0.39 is 0 Å². The van der Waals surface area contributed by atoms with E-state index in [-0.39, 0.29) is 0 Å². The Kier molecular flexibility index (Phi) is 7.48. The van der Waals surface area contributed by atoms with Gasteiger partial charge in [-0.25, -0.2) is 0 Å². The number of ether oxygens (including phenoxy) is 1. The molecule has 1 heterocycles. The largest absolute Gasteiger partial charge is 0.381 e. The van der Waals surface area contributed by atoms with Crippen molar-refractivity contribution in [3.8, 4) is 0 Å². The Balaban J connectivity index is 1.94. The summed E-state index contributed by atoms with van der Waals surface area (Å²) in [5.41, 5.74) is 0.348. The van der Waals surface area contributed by atoms with Gasteiger partial charge in [0, 0.05) is 31.2 Å². The van der Waals surface area contributed by atoms with Crippen LogP contribution in [0.3, 0.4) is 0 Å². The van der Waals surface area contributed by atoms with E-state index in [1.807, 2.05) is 0 Å². The van der Waals surface area contributed by atoms with E-state index in [2.05, 4.69) is 24.1 Å². The van der Waals surface area contributed by atoms with Gasteiger partial charge in [-0.05, 0) is 45.2 Å². The average molecular weight is 296 g/mol. The molecule has 0 amide bonds. The van der Waals surface area contributed by atoms with Crippen LogP contribution in [0, 0.1) is 5.41 Å². The van der Waals surface area contributed by atoms with Crippen molar-refractivity contribution >= 4 is 0 Å². The molecule has 0 bridgehead atoms. The second-order valence-electron chi connectivity index (χ2n) is 7.19. The van der Waals surface area contributed by atoms with Gasteiger partial charge in [0.05, 0.1) is 6.61 Å². The number of nitrogens with zero attached hydrogens (tertiary/aromatic N) is 1. The first kappa shape index (κ1) is 17.2. The summed E-state index contributed by atoms with van der Waals surface area (Å²) in [6.45, 7) is 11.2. The maximum absolute atomic E-state index is 5.88. The molecule has 0 aromatic carbocycles. The Hall–Kier alpha value is -0.120. The van der Waals surface area contributed by atoms with E-state index in [0.717, 1.165) is 32.3 Å². The highest BCUT2D eigenvalue weighted by atomic mass is 16.5. The van der Waals surface area contributed by atoms with Crippen LogP contribution >= 0.6 is 0 Å². The standard InChI is InChI=1S/C18H36N2O/c1-3-12-19-14-18(11-8-13-21-16-18)15-20(4-2)17-9-6-5-7-10-17/h17,19H,3-16H2,1-2H3. The van der Waals surface area contributed by atoms with E-state index in [1.165, 1.54) is 64.5 Å². The number of rotatable bonds is 8. The first-order valence-electron chi connectivity index (χ1n) is 9.32. The van der Waals surface area contributed by atoms with Gasteiger partial charge in [0.2, 0.25) is 0 Å². The zero-order chi connectivity index (χ0) is 15.0. The molecule has 3 heteroatoms. The third-order valence-electron chi connectivity index (χ3n) is 5.37. The summed E-state index contributed by atoms with van der Waals surface area (Å²) in [5, 5.41) is 3.67. The van der Waals surface area contributed by atoms with E-state index in [0.29, 0.717) is 5.41 Å². The van der Waals surface area contributed by atoms with Crippen molar-refractivity contribution in [3.05, 3.63) is 0 Å². The summed E-state index contributed by atoms with van der Waals surface area (Å²) in [6.07, 6.45) is 10.9. The van der Waals surface area contributed by atoms with Gasteiger partial charge in [0.25, 0.3) is 0 Å². The zero-order valence-corrected chi connectivity index (χ0v) is 14.3. The van der Waals surface area contributed by atoms with Crippen LogP contribution in [0.5, 0.6) is 0 Å². The van der Waals surface area contributed by atoms with Crippen LogP contribution in [0.15, 0.2) is 0 Å². The van der Waals surface area contributed by atoms with Crippen molar-refractivity contribution in [3.63, 3.8) is 0 Å². The Morgan fingerprint density at radius 1 is 1.14 bits per heavy atom. The number of hydrogen-bond acceptors (Lipinski definition) is 3. The molecule has 1 N–H and O–H groups in total. The molecule has 21 heavy (non-hydrogen) atoms. The Morgan fingerprint density at radius 3 is 2.57 bits per heavy atom. The molecule has 0 aromatic heterocycles. The molecule has 1 aliphatic carbocycles. The Morgan fingerprint density at radius 2 is 1.95 bits per heavy atom. The van der Waals surface area contributed by atoms with Crippen molar-refractivity contribution in [1.82, 2.24) is 10.2 Å². The van der Waals surface area contributed by atoms with Crippen molar-refractivity contribution < 1.29 is 4.74 Å². The molecule has 0 radical (unpaired) electrons. The lowest BCUT2D eigenvalue weighted by Crippen LogP contribution is -2.51. The maximum Gasteiger partial charge on any atom is 0.0546 e. The van der Waals surface area contributed by atoms with Crippen molar-refractivity contribution in [1.29, 1.82) is 0 Å². The highest BCUT2D eigenvalue weighted by molar-refractivity contribution is 4.89. The topological polar surface area (TPSA) is 24.5 Å². The molecule has 2 rings (SSSR count). The van der Waals surface area contributed by atoms with Gasteiger partial charge in [-0.2, -0.15) is 0 Å². The Labute approximate surface area is 131 Å². The quantitative estimate of drug-likeness (QED) is 0.694. The summed E-state index contributed by atoms with van der Waals surface area (Å²) in [7, 11) is 0. The molecule has 124 valence electrons. The maximum atomic E-state index is 5.88. The van der Waals surface area contributed by atoms with Crippen molar-refractivity contribution in [2.75, 3.05) is 39.4 Å².